The number of ketones is 1. The van der Waals surface area contributed by atoms with Crippen LogP contribution in [0, 0.1) is 0 Å². The van der Waals surface area contributed by atoms with E-state index in [1.54, 1.807) is 18.7 Å². The van der Waals surface area contributed by atoms with Gasteiger partial charge < -0.3 is 10.00 Å². The van der Waals surface area contributed by atoms with Crippen LogP contribution in [0.1, 0.15) is 35.3 Å². The molecule has 0 aliphatic rings. The maximum Gasteiger partial charge on any atom is 0.277 e. The number of aryl methyl sites for hydroxylation is 1. The lowest BCUT2D eigenvalue weighted by Gasteiger charge is -2.27. The summed E-state index contributed by atoms with van der Waals surface area (Å²) in [6.45, 7) is 4.41. The summed E-state index contributed by atoms with van der Waals surface area (Å²) >= 11 is 0. The van der Waals surface area contributed by atoms with Crippen molar-refractivity contribution >= 4 is 31.1 Å². The van der Waals surface area contributed by atoms with Gasteiger partial charge in [-0.1, -0.05) is 0 Å². The van der Waals surface area contributed by atoms with Crippen molar-refractivity contribution in [3.05, 3.63) is 45.4 Å². The Kier molecular flexibility index (Phi) is 6.43. The molecular weight excluding hydrogens is 418 g/mol. The molecule has 1 heterocycles. The number of aromatic nitrogens is 2. The second-order valence-corrected chi connectivity index (χ2v) is 11.0. The number of benzene rings is 1. The highest BCUT2D eigenvalue weighted by molar-refractivity contribution is 7.91. The van der Waals surface area contributed by atoms with Gasteiger partial charge in [-0.2, -0.15) is 0 Å². The van der Waals surface area contributed by atoms with Crippen molar-refractivity contribution in [3.63, 3.8) is 0 Å². The minimum Gasteiger partial charge on any atom is -0.371 e. The Bertz CT molecular complexity index is 1200. The van der Waals surface area contributed by atoms with Crippen LogP contribution in [-0.2, 0) is 32.5 Å². The maximum atomic E-state index is 13.1. The molecule has 0 bridgehead atoms. The summed E-state index contributed by atoms with van der Waals surface area (Å²) in [6.07, 6.45) is 3.29. The zero-order chi connectivity index (χ0) is 22.1. The van der Waals surface area contributed by atoms with Gasteiger partial charge in [0.05, 0.1) is 16.3 Å². The third kappa shape index (κ3) is 4.78. The molecule has 9 nitrogen and oxygen atoms in total. The van der Waals surface area contributed by atoms with E-state index < -0.39 is 36.8 Å². The van der Waals surface area contributed by atoms with E-state index in [0.717, 1.165) is 17.2 Å². The molecule has 0 fully saturated rings. The lowest BCUT2D eigenvalue weighted by atomic mass is 9.98. The van der Waals surface area contributed by atoms with E-state index in [2.05, 4.69) is 5.10 Å². The molecule has 0 aliphatic carbocycles. The molecule has 1 aromatic carbocycles. The van der Waals surface area contributed by atoms with Crippen LogP contribution in [-0.4, -0.2) is 58.0 Å². The number of sulfone groups is 2. The van der Waals surface area contributed by atoms with E-state index in [4.69, 9.17) is 0 Å². The molecular formula is C18H25N3O6S2. The number of rotatable bonds is 8. The Labute approximate surface area is 170 Å². The van der Waals surface area contributed by atoms with Crippen molar-refractivity contribution in [1.82, 2.24) is 9.78 Å². The van der Waals surface area contributed by atoms with Crippen molar-refractivity contribution in [2.45, 2.75) is 24.5 Å². The van der Waals surface area contributed by atoms with Gasteiger partial charge in [-0.3, -0.25) is 14.3 Å². The van der Waals surface area contributed by atoms with Crippen molar-refractivity contribution in [2.24, 2.45) is 7.05 Å². The normalized spacial score (nSPS) is 12.2. The number of carbonyl (C=O) groups is 1. The van der Waals surface area contributed by atoms with Gasteiger partial charge >= 0.3 is 0 Å². The topological polar surface area (TPSA) is 126 Å². The van der Waals surface area contributed by atoms with Crippen LogP contribution in [0.5, 0.6) is 0 Å². The first kappa shape index (κ1) is 22.9. The first-order valence-corrected chi connectivity index (χ1v) is 12.8. The Hall–Kier alpha value is -2.40. The van der Waals surface area contributed by atoms with E-state index in [1.165, 1.54) is 25.4 Å². The SMILES string of the molecule is CCN(CC)c1c(S(C)(=O)=O)ccc(C(=O)c2c[nH]n(C)c2=O)c1CS(C)(=O)=O. The Balaban J connectivity index is 2.94. The van der Waals surface area contributed by atoms with Gasteiger partial charge in [-0.25, -0.2) is 16.8 Å². The molecule has 1 aromatic heterocycles. The quantitative estimate of drug-likeness (QED) is 0.596. The van der Waals surface area contributed by atoms with Gasteiger partial charge in [0.2, 0.25) is 5.78 Å². The van der Waals surface area contributed by atoms with Crippen molar-refractivity contribution in [2.75, 3.05) is 30.5 Å². The first-order valence-electron chi connectivity index (χ1n) is 8.89. The zero-order valence-corrected chi connectivity index (χ0v) is 18.6. The monoisotopic (exact) mass is 443 g/mol. The molecule has 0 saturated heterocycles. The van der Waals surface area contributed by atoms with Gasteiger partial charge in [0.25, 0.3) is 5.56 Å². The largest absolute Gasteiger partial charge is 0.371 e. The predicted molar refractivity (Wildman–Crippen MR) is 111 cm³/mol. The van der Waals surface area contributed by atoms with Crippen LogP contribution in [0.15, 0.2) is 28.0 Å². The van der Waals surface area contributed by atoms with E-state index >= 15 is 0 Å². The molecule has 29 heavy (non-hydrogen) atoms. The summed E-state index contributed by atoms with van der Waals surface area (Å²) in [5, 5.41) is 2.61. The maximum absolute atomic E-state index is 13.1. The number of H-pyrrole nitrogens is 1. The highest BCUT2D eigenvalue weighted by Crippen LogP contribution is 2.34. The average Bonchev–Trinajstić information content (AvgIpc) is 2.93. The number of aromatic amines is 1. The van der Waals surface area contributed by atoms with E-state index in [1.807, 2.05) is 0 Å². The van der Waals surface area contributed by atoms with Gasteiger partial charge in [-0.05, 0) is 26.0 Å². The van der Waals surface area contributed by atoms with Crippen LogP contribution < -0.4 is 10.5 Å². The summed E-state index contributed by atoms with van der Waals surface area (Å²) in [7, 11) is -5.88. The van der Waals surface area contributed by atoms with E-state index in [-0.39, 0.29) is 27.3 Å². The summed E-state index contributed by atoms with van der Waals surface area (Å²) in [4.78, 5) is 27.0. The summed E-state index contributed by atoms with van der Waals surface area (Å²) in [5.74, 6) is -1.20. The minimum atomic E-state index is -3.71. The highest BCUT2D eigenvalue weighted by Gasteiger charge is 2.28. The van der Waals surface area contributed by atoms with Crippen LogP contribution in [0.25, 0.3) is 0 Å². The highest BCUT2D eigenvalue weighted by atomic mass is 32.2. The summed E-state index contributed by atoms with van der Waals surface area (Å²) in [6, 6.07) is 2.57. The lowest BCUT2D eigenvalue weighted by molar-refractivity contribution is 0.103. The molecule has 160 valence electrons. The standard InChI is InChI=1S/C18H25N3O6S2/c1-6-21(7-2)16-14(11-28(4,24)25)12(8-9-15(16)29(5,26)27)17(22)13-10-19-20(3)18(13)23/h8-10,19H,6-7,11H2,1-5H3. The number of hydrogen-bond acceptors (Lipinski definition) is 7. The summed E-state index contributed by atoms with van der Waals surface area (Å²) < 4.78 is 50.2. The Morgan fingerprint density at radius 3 is 2.07 bits per heavy atom. The second-order valence-electron chi connectivity index (χ2n) is 6.83. The number of hydrogen-bond donors (Lipinski definition) is 1. The van der Waals surface area contributed by atoms with Crippen LogP contribution in [0.4, 0.5) is 5.69 Å². The fraction of sp³-hybridized carbons (Fsp3) is 0.444. The van der Waals surface area contributed by atoms with Crippen LogP contribution >= 0.6 is 0 Å². The molecule has 2 rings (SSSR count). The zero-order valence-electron chi connectivity index (χ0n) is 17.0. The van der Waals surface area contributed by atoms with E-state index in [0.29, 0.717) is 13.1 Å². The fourth-order valence-corrected chi connectivity index (χ4v) is 4.93. The molecule has 11 heteroatoms. The number of anilines is 1. The molecule has 0 unspecified atom stereocenters. The Morgan fingerprint density at radius 2 is 1.66 bits per heavy atom. The molecule has 0 atom stereocenters. The third-order valence-corrected chi connectivity index (χ3v) is 6.50. The second kappa shape index (κ2) is 8.15. The lowest BCUT2D eigenvalue weighted by Crippen LogP contribution is -2.28. The summed E-state index contributed by atoms with van der Waals surface area (Å²) in [5.41, 5.74) is -0.466. The van der Waals surface area contributed by atoms with Gasteiger partial charge in [-0.15, -0.1) is 0 Å². The third-order valence-electron chi connectivity index (χ3n) is 4.56. The molecule has 0 aliphatic heterocycles. The Morgan fingerprint density at radius 1 is 1.07 bits per heavy atom. The first-order chi connectivity index (χ1) is 13.3. The number of nitrogens with zero attached hydrogens (tertiary/aromatic N) is 2. The van der Waals surface area contributed by atoms with Crippen LogP contribution in [0.2, 0.25) is 0 Å². The average molecular weight is 444 g/mol. The molecule has 0 spiro atoms. The molecule has 1 N–H and O–H groups in total. The smallest absolute Gasteiger partial charge is 0.277 e. The fourth-order valence-electron chi connectivity index (χ4n) is 3.19. The molecule has 0 saturated carbocycles. The van der Waals surface area contributed by atoms with Crippen LogP contribution in [0.3, 0.4) is 0 Å². The van der Waals surface area contributed by atoms with E-state index in [9.17, 15) is 26.4 Å². The number of carbonyl (C=O) groups excluding carboxylic acids is 1. The van der Waals surface area contributed by atoms with Crippen molar-refractivity contribution in [1.29, 1.82) is 0 Å². The van der Waals surface area contributed by atoms with Crippen molar-refractivity contribution in [3.8, 4) is 0 Å². The van der Waals surface area contributed by atoms with Gasteiger partial charge in [0, 0.05) is 50.0 Å². The predicted octanol–water partition coefficient (Wildman–Crippen LogP) is 0.739. The van der Waals surface area contributed by atoms with Crippen molar-refractivity contribution < 1.29 is 21.6 Å². The molecule has 2 aromatic rings. The minimum absolute atomic E-state index is 0.0126. The number of nitrogens with one attached hydrogen (secondary N) is 1. The molecule has 0 radical (unpaired) electrons. The van der Waals surface area contributed by atoms with Gasteiger partial charge in [0.1, 0.15) is 5.56 Å². The molecule has 0 amide bonds. The van der Waals surface area contributed by atoms with Gasteiger partial charge in [0.15, 0.2) is 19.7 Å².